The highest BCUT2D eigenvalue weighted by Gasteiger charge is 2.15. The molecule has 0 aliphatic carbocycles. The Balaban J connectivity index is 1.76. The molecule has 0 amide bonds. The average molecular weight is 268 g/mol. The van der Waals surface area contributed by atoms with Gasteiger partial charge in [-0.2, -0.15) is 4.39 Å². The van der Waals surface area contributed by atoms with Crippen molar-refractivity contribution in [2.45, 2.75) is 19.4 Å². The quantitative estimate of drug-likeness (QED) is 0.488. The lowest BCUT2D eigenvalue weighted by Crippen LogP contribution is -2.18. The van der Waals surface area contributed by atoms with Crippen molar-refractivity contribution in [2.75, 3.05) is 19.8 Å². The fourth-order valence-electron chi connectivity index (χ4n) is 2.16. The predicted molar refractivity (Wildman–Crippen MR) is 68.3 cm³/mol. The second-order valence-electron chi connectivity index (χ2n) is 4.74. The van der Waals surface area contributed by atoms with Crippen LogP contribution in [0.1, 0.15) is 18.4 Å². The molecule has 0 spiro atoms. The molecule has 1 aliphatic rings. The Kier molecular flexibility index (Phi) is 4.81. The zero-order valence-electron chi connectivity index (χ0n) is 10.6. The van der Waals surface area contributed by atoms with Crippen LogP contribution in [0, 0.1) is 21.8 Å². The highest BCUT2D eigenvalue weighted by Crippen LogP contribution is 2.18. The lowest BCUT2D eigenvalue weighted by molar-refractivity contribution is -0.387. The van der Waals surface area contributed by atoms with Gasteiger partial charge in [0.05, 0.1) is 4.92 Å². The van der Waals surface area contributed by atoms with E-state index in [-0.39, 0.29) is 0 Å². The number of nitro groups is 1. The maximum absolute atomic E-state index is 13.4. The van der Waals surface area contributed by atoms with Crippen molar-refractivity contribution >= 4 is 5.69 Å². The third-order valence-corrected chi connectivity index (χ3v) is 3.29. The molecule has 2 rings (SSSR count). The maximum Gasteiger partial charge on any atom is 0.304 e. The number of benzene rings is 1. The molecule has 1 heterocycles. The molecule has 0 radical (unpaired) electrons. The summed E-state index contributed by atoms with van der Waals surface area (Å²) >= 11 is 0. The Bertz CT molecular complexity index is 448. The Morgan fingerprint density at radius 3 is 3.00 bits per heavy atom. The first kappa shape index (κ1) is 13.9. The van der Waals surface area contributed by atoms with Gasteiger partial charge in [0.1, 0.15) is 0 Å². The Hall–Kier alpha value is -1.53. The van der Waals surface area contributed by atoms with Gasteiger partial charge in [-0.15, -0.1) is 0 Å². The molecule has 1 N–H and O–H groups in total. The van der Waals surface area contributed by atoms with E-state index in [0.29, 0.717) is 18.0 Å². The van der Waals surface area contributed by atoms with Gasteiger partial charge in [-0.3, -0.25) is 10.1 Å². The highest BCUT2D eigenvalue weighted by molar-refractivity contribution is 5.34. The zero-order chi connectivity index (χ0) is 13.7. The molecule has 5 nitrogen and oxygen atoms in total. The predicted octanol–water partition coefficient (Wildman–Crippen LogP) is 2.25. The van der Waals surface area contributed by atoms with Crippen LogP contribution < -0.4 is 5.32 Å². The van der Waals surface area contributed by atoms with Gasteiger partial charge in [0.25, 0.3) is 0 Å². The summed E-state index contributed by atoms with van der Waals surface area (Å²) < 4.78 is 18.7. The monoisotopic (exact) mass is 268 g/mol. The van der Waals surface area contributed by atoms with E-state index in [1.54, 1.807) is 6.07 Å². The van der Waals surface area contributed by atoms with E-state index in [1.807, 2.05) is 0 Å². The first-order valence-electron chi connectivity index (χ1n) is 6.38. The van der Waals surface area contributed by atoms with E-state index in [1.165, 1.54) is 12.1 Å². The van der Waals surface area contributed by atoms with Crippen LogP contribution in [0.15, 0.2) is 18.2 Å². The molecule has 19 heavy (non-hydrogen) atoms. The number of rotatable bonds is 6. The first-order valence-corrected chi connectivity index (χ1v) is 6.38. The largest absolute Gasteiger partial charge is 0.381 e. The fourth-order valence-corrected chi connectivity index (χ4v) is 2.16. The minimum atomic E-state index is -0.784. The summed E-state index contributed by atoms with van der Waals surface area (Å²) in [7, 11) is 0. The minimum absolute atomic E-state index is 0.480. The van der Waals surface area contributed by atoms with E-state index in [9.17, 15) is 14.5 Å². The van der Waals surface area contributed by atoms with Gasteiger partial charge in [-0.1, -0.05) is 6.07 Å². The van der Waals surface area contributed by atoms with Gasteiger partial charge in [0, 0.05) is 25.8 Å². The van der Waals surface area contributed by atoms with Crippen LogP contribution in [0.4, 0.5) is 10.1 Å². The number of hydrogen-bond donors (Lipinski definition) is 1. The highest BCUT2D eigenvalue weighted by atomic mass is 19.1. The Morgan fingerprint density at radius 1 is 1.53 bits per heavy atom. The Morgan fingerprint density at radius 2 is 2.37 bits per heavy atom. The summed E-state index contributed by atoms with van der Waals surface area (Å²) in [5, 5.41) is 13.7. The number of nitrogens with one attached hydrogen (secondary N) is 1. The third kappa shape index (κ3) is 3.97. The normalized spacial score (nSPS) is 18.7. The van der Waals surface area contributed by atoms with Crippen molar-refractivity contribution in [3.05, 3.63) is 39.7 Å². The third-order valence-electron chi connectivity index (χ3n) is 3.29. The molecule has 1 unspecified atom stereocenters. The number of nitro benzene ring substituents is 1. The van der Waals surface area contributed by atoms with Crippen LogP contribution in [0.25, 0.3) is 0 Å². The van der Waals surface area contributed by atoms with E-state index < -0.39 is 16.4 Å². The summed E-state index contributed by atoms with van der Waals surface area (Å²) in [6, 6.07) is 3.99. The summed E-state index contributed by atoms with van der Waals surface area (Å²) in [6.07, 6.45) is 2.14. The molecular formula is C13H17FN2O3. The number of nitrogens with zero attached hydrogens (tertiary/aromatic N) is 1. The molecule has 6 heteroatoms. The molecule has 0 saturated carbocycles. The van der Waals surface area contributed by atoms with Crippen molar-refractivity contribution in [1.29, 1.82) is 0 Å². The number of halogens is 1. The topological polar surface area (TPSA) is 64.4 Å². The molecule has 1 aromatic carbocycles. The molecule has 1 fully saturated rings. The molecule has 1 saturated heterocycles. The van der Waals surface area contributed by atoms with Crippen molar-refractivity contribution in [1.82, 2.24) is 5.32 Å². The summed E-state index contributed by atoms with van der Waals surface area (Å²) in [5.41, 5.74) is 0.234. The van der Waals surface area contributed by atoms with Crippen LogP contribution in [0.2, 0.25) is 0 Å². The van der Waals surface area contributed by atoms with E-state index in [2.05, 4.69) is 5.32 Å². The van der Waals surface area contributed by atoms with Crippen LogP contribution in [0.5, 0.6) is 0 Å². The van der Waals surface area contributed by atoms with Gasteiger partial charge >= 0.3 is 5.69 Å². The molecule has 1 aromatic rings. The molecule has 104 valence electrons. The maximum atomic E-state index is 13.4. The summed E-state index contributed by atoms with van der Waals surface area (Å²) in [6.45, 7) is 3.03. The molecule has 0 bridgehead atoms. The van der Waals surface area contributed by atoms with Gasteiger partial charge in [-0.05, 0) is 36.9 Å². The van der Waals surface area contributed by atoms with Crippen LogP contribution in [-0.2, 0) is 11.3 Å². The minimum Gasteiger partial charge on any atom is -0.381 e. The lowest BCUT2D eigenvalue weighted by atomic mass is 10.1. The van der Waals surface area contributed by atoms with Crippen LogP contribution in [-0.4, -0.2) is 24.7 Å². The van der Waals surface area contributed by atoms with Crippen LogP contribution in [0.3, 0.4) is 0 Å². The average Bonchev–Trinajstić information content (AvgIpc) is 2.87. The van der Waals surface area contributed by atoms with Gasteiger partial charge in [-0.25, -0.2) is 0 Å². The standard InChI is InChI=1S/C13H17FN2O3/c14-12-7-11(1-2-13(12)16(17)18)8-15-5-3-10-4-6-19-9-10/h1-2,7,10,15H,3-6,8-9H2. The van der Waals surface area contributed by atoms with Crippen molar-refractivity contribution in [2.24, 2.45) is 5.92 Å². The lowest BCUT2D eigenvalue weighted by Gasteiger charge is -2.08. The first-order chi connectivity index (χ1) is 9.16. The second-order valence-corrected chi connectivity index (χ2v) is 4.74. The van der Waals surface area contributed by atoms with Crippen molar-refractivity contribution in [3.63, 3.8) is 0 Å². The molecular weight excluding hydrogens is 251 g/mol. The Labute approximate surface area is 110 Å². The number of hydrogen-bond acceptors (Lipinski definition) is 4. The van der Waals surface area contributed by atoms with Gasteiger partial charge in [0.15, 0.2) is 0 Å². The van der Waals surface area contributed by atoms with Crippen molar-refractivity contribution in [3.8, 4) is 0 Å². The smallest absolute Gasteiger partial charge is 0.304 e. The number of ether oxygens (including phenoxy) is 1. The molecule has 0 aromatic heterocycles. The van der Waals surface area contributed by atoms with Crippen molar-refractivity contribution < 1.29 is 14.1 Å². The van der Waals surface area contributed by atoms with Gasteiger partial charge in [0.2, 0.25) is 5.82 Å². The van der Waals surface area contributed by atoms with E-state index in [4.69, 9.17) is 4.74 Å². The summed E-state index contributed by atoms with van der Waals surface area (Å²) in [4.78, 5) is 9.76. The second kappa shape index (κ2) is 6.58. The van der Waals surface area contributed by atoms with Gasteiger partial charge < -0.3 is 10.1 Å². The SMILES string of the molecule is O=[N+]([O-])c1ccc(CNCCC2CCOC2)cc1F. The van der Waals surface area contributed by atoms with E-state index in [0.717, 1.165) is 32.6 Å². The summed E-state index contributed by atoms with van der Waals surface area (Å²) in [5.74, 6) is -0.172. The molecule has 1 atom stereocenters. The zero-order valence-corrected chi connectivity index (χ0v) is 10.6. The van der Waals surface area contributed by atoms with E-state index >= 15 is 0 Å². The van der Waals surface area contributed by atoms with Crippen LogP contribution >= 0.6 is 0 Å². The fraction of sp³-hybridized carbons (Fsp3) is 0.538. The molecule has 1 aliphatic heterocycles.